The van der Waals surface area contributed by atoms with Crippen LogP contribution in [-0.4, -0.2) is 0 Å². The Balaban J connectivity index is 1.94. The van der Waals surface area contributed by atoms with Crippen molar-refractivity contribution >= 4 is 11.0 Å². The van der Waals surface area contributed by atoms with E-state index in [1.165, 1.54) is 0 Å². The summed E-state index contributed by atoms with van der Waals surface area (Å²) in [7, 11) is 0. The Morgan fingerprint density at radius 3 is 2.65 bits per heavy atom. The topological polar surface area (TPSA) is 52.3 Å². The largest absolute Gasteiger partial charge is 0.464 e. The molecule has 2 aromatic heterocycles. The molecule has 86 valence electrons. The normalized spacial score (nSPS) is 11.1. The quantitative estimate of drug-likeness (QED) is 0.748. The maximum Gasteiger partial charge on any atom is 0.134 e. The molecule has 0 aliphatic heterocycles. The van der Waals surface area contributed by atoms with Gasteiger partial charge in [0.1, 0.15) is 17.1 Å². The Morgan fingerprint density at radius 2 is 1.82 bits per heavy atom. The van der Waals surface area contributed by atoms with E-state index in [1.807, 2.05) is 30.3 Å². The monoisotopic (exact) mass is 227 g/mol. The zero-order valence-electron chi connectivity index (χ0n) is 9.35. The second-order valence-corrected chi connectivity index (χ2v) is 4.01. The average molecular weight is 227 g/mol. The second-order valence-electron chi connectivity index (χ2n) is 4.01. The van der Waals surface area contributed by atoms with Gasteiger partial charge in [0.2, 0.25) is 0 Å². The van der Waals surface area contributed by atoms with Crippen molar-refractivity contribution < 1.29 is 8.83 Å². The van der Waals surface area contributed by atoms with Gasteiger partial charge in [-0.1, -0.05) is 18.2 Å². The lowest BCUT2D eigenvalue weighted by Gasteiger charge is -1.95. The van der Waals surface area contributed by atoms with Gasteiger partial charge in [-0.15, -0.1) is 0 Å². The molecule has 0 aliphatic carbocycles. The van der Waals surface area contributed by atoms with Crippen LogP contribution in [0.2, 0.25) is 0 Å². The number of para-hydroxylation sites is 1. The molecule has 2 N–H and O–H groups in total. The summed E-state index contributed by atoms with van der Waals surface area (Å²) in [6, 6.07) is 11.9. The van der Waals surface area contributed by atoms with Crippen LogP contribution < -0.4 is 5.73 Å². The van der Waals surface area contributed by atoms with Gasteiger partial charge in [0.25, 0.3) is 0 Å². The Hall–Kier alpha value is -2.00. The highest BCUT2D eigenvalue weighted by atomic mass is 16.3. The molecule has 0 radical (unpaired) electrons. The summed E-state index contributed by atoms with van der Waals surface area (Å²) in [5, 5.41) is 1.14. The molecule has 0 fully saturated rings. The van der Waals surface area contributed by atoms with E-state index in [9.17, 15) is 0 Å². The van der Waals surface area contributed by atoms with Crippen LogP contribution in [0.1, 0.15) is 17.1 Å². The average Bonchev–Trinajstić information content (AvgIpc) is 2.97. The summed E-state index contributed by atoms with van der Waals surface area (Å²) in [6.07, 6.45) is 2.52. The van der Waals surface area contributed by atoms with Crippen LogP contribution in [0.25, 0.3) is 11.0 Å². The number of fused-ring (bicyclic) bond motifs is 1. The van der Waals surface area contributed by atoms with Crippen LogP contribution in [-0.2, 0) is 13.0 Å². The van der Waals surface area contributed by atoms with Crippen molar-refractivity contribution in [1.82, 2.24) is 0 Å². The van der Waals surface area contributed by atoms with Gasteiger partial charge in [-0.05, 0) is 18.2 Å². The number of rotatable bonds is 3. The molecule has 0 spiro atoms. The van der Waals surface area contributed by atoms with E-state index < -0.39 is 0 Å². The van der Waals surface area contributed by atoms with Crippen LogP contribution in [0.15, 0.2) is 51.5 Å². The molecular formula is C14H13NO2. The van der Waals surface area contributed by atoms with E-state index >= 15 is 0 Å². The predicted molar refractivity (Wildman–Crippen MR) is 65.6 cm³/mol. The fourth-order valence-corrected chi connectivity index (χ4v) is 1.98. The summed E-state index contributed by atoms with van der Waals surface area (Å²) < 4.78 is 11.1. The van der Waals surface area contributed by atoms with E-state index in [-0.39, 0.29) is 0 Å². The molecule has 1 aromatic carbocycles. The minimum Gasteiger partial charge on any atom is -0.464 e. The molecule has 0 saturated heterocycles. The van der Waals surface area contributed by atoms with Crippen LogP contribution >= 0.6 is 0 Å². The number of hydrogen-bond acceptors (Lipinski definition) is 3. The zero-order chi connectivity index (χ0) is 11.7. The lowest BCUT2D eigenvalue weighted by atomic mass is 10.1. The summed E-state index contributed by atoms with van der Waals surface area (Å²) in [5.41, 5.74) is 7.56. The van der Waals surface area contributed by atoms with Crippen molar-refractivity contribution in [3.8, 4) is 0 Å². The molecule has 3 rings (SSSR count). The van der Waals surface area contributed by atoms with Gasteiger partial charge in [0.05, 0.1) is 12.8 Å². The summed E-state index contributed by atoms with van der Waals surface area (Å²) in [5.74, 6) is 1.73. The highest BCUT2D eigenvalue weighted by molar-refractivity contribution is 5.81. The third-order valence-electron chi connectivity index (χ3n) is 2.84. The first kappa shape index (κ1) is 10.2. The molecule has 2 heterocycles. The zero-order valence-corrected chi connectivity index (χ0v) is 9.35. The van der Waals surface area contributed by atoms with Crippen molar-refractivity contribution in [2.24, 2.45) is 5.73 Å². The highest BCUT2D eigenvalue weighted by Crippen LogP contribution is 2.23. The van der Waals surface area contributed by atoms with E-state index in [4.69, 9.17) is 14.6 Å². The molecule has 0 unspecified atom stereocenters. The van der Waals surface area contributed by atoms with Gasteiger partial charge in [-0.2, -0.15) is 0 Å². The molecule has 17 heavy (non-hydrogen) atoms. The third kappa shape index (κ3) is 1.85. The fourth-order valence-electron chi connectivity index (χ4n) is 1.98. The van der Waals surface area contributed by atoms with Gasteiger partial charge in [-0.3, -0.25) is 0 Å². The maximum atomic E-state index is 5.59. The second kappa shape index (κ2) is 4.11. The molecule has 0 aliphatic rings. The standard InChI is InChI=1S/C14H13NO2/c15-8-12-6-5-11(17-12)7-10-9-16-14-4-2-1-3-13(10)14/h1-6,9H,7-8,15H2. The van der Waals surface area contributed by atoms with Gasteiger partial charge in [0, 0.05) is 17.4 Å². The Bertz CT molecular complexity index is 636. The molecule has 0 saturated carbocycles. The molecule has 3 nitrogen and oxygen atoms in total. The number of hydrogen-bond donors (Lipinski definition) is 1. The van der Waals surface area contributed by atoms with Crippen LogP contribution in [0.4, 0.5) is 0 Å². The van der Waals surface area contributed by atoms with E-state index in [0.717, 1.165) is 34.5 Å². The molecular weight excluding hydrogens is 214 g/mol. The first-order valence-corrected chi connectivity index (χ1v) is 5.59. The van der Waals surface area contributed by atoms with E-state index in [2.05, 4.69) is 6.07 Å². The van der Waals surface area contributed by atoms with Crippen LogP contribution in [0.5, 0.6) is 0 Å². The van der Waals surface area contributed by atoms with Gasteiger partial charge >= 0.3 is 0 Å². The van der Waals surface area contributed by atoms with Crippen LogP contribution in [0.3, 0.4) is 0 Å². The summed E-state index contributed by atoms with van der Waals surface area (Å²) in [4.78, 5) is 0. The Morgan fingerprint density at radius 1 is 1.00 bits per heavy atom. The van der Waals surface area contributed by atoms with Crippen molar-refractivity contribution in [1.29, 1.82) is 0 Å². The number of nitrogens with two attached hydrogens (primary N) is 1. The minimum atomic E-state index is 0.437. The summed E-state index contributed by atoms with van der Waals surface area (Å²) in [6.45, 7) is 0.437. The van der Waals surface area contributed by atoms with Gasteiger partial charge in [0.15, 0.2) is 0 Å². The Kier molecular flexibility index (Phi) is 2.46. The Labute approximate surface area is 98.8 Å². The first-order valence-electron chi connectivity index (χ1n) is 5.59. The molecule has 3 aromatic rings. The van der Waals surface area contributed by atoms with Gasteiger partial charge in [-0.25, -0.2) is 0 Å². The number of benzene rings is 1. The van der Waals surface area contributed by atoms with E-state index in [1.54, 1.807) is 6.26 Å². The van der Waals surface area contributed by atoms with Crippen LogP contribution in [0, 0.1) is 0 Å². The number of furan rings is 2. The maximum absolute atomic E-state index is 5.59. The van der Waals surface area contributed by atoms with Crippen molar-refractivity contribution in [2.45, 2.75) is 13.0 Å². The van der Waals surface area contributed by atoms with Crippen molar-refractivity contribution in [2.75, 3.05) is 0 Å². The fraction of sp³-hybridized carbons (Fsp3) is 0.143. The van der Waals surface area contributed by atoms with Crippen molar-refractivity contribution in [3.05, 3.63) is 59.7 Å². The molecule has 3 heteroatoms. The lowest BCUT2D eigenvalue weighted by Crippen LogP contribution is -1.93. The smallest absolute Gasteiger partial charge is 0.134 e. The lowest BCUT2D eigenvalue weighted by molar-refractivity contribution is 0.474. The first-order chi connectivity index (χ1) is 8.36. The van der Waals surface area contributed by atoms with Crippen molar-refractivity contribution in [3.63, 3.8) is 0 Å². The molecule has 0 atom stereocenters. The minimum absolute atomic E-state index is 0.437. The highest BCUT2D eigenvalue weighted by Gasteiger charge is 2.08. The van der Waals surface area contributed by atoms with Gasteiger partial charge < -0.3 is 14.6 Å². The predicted octanol–water partition coefficient (Wildman–Crippen LogP) is 3.08. The SMILES string of the molecule is NCc1ccc(Cc2coc3ccccc23)o1. The molecule has 0 amide bonds. The summed E-state index contributed by atoms with van der Waals surface area (Å²) >= 11 is 0. The molecule has 0 bridgehead atoms. The van der Waals surface area contributed by atoms with E-state index in [0.29, 0.717) is 6.54 Å². The third-order valence-corrected chi connectivity index (χ3v) is 2.84.